The molecule has 2 aromatic carbocycles. The monoisotopic (exact) mass is 323 g/mol. The molecule has 0 spiro atoms. The van der Waals surface area contributed by atoms with Crippen molar-refractivity contribution in [2.24, 2.45) is 0 Å². The van der Waals surface area contributed by atoms with Gasteiger partial charge in [0.15, 0.2) is 0 Å². The average molecular weight is 324 g/mol. The third-order valence-corrected chi connectivity index (χ3v) is 4.87. The molecule has 2 aromatic rings. The fourth-order valence-corrected chi connectivity index (χ4v) is 3.26. The molecule has 0 atom stereocenters. The molecule has 5 heteroatoms. The number of nitrogens with one attached hydrogen (secondary N) is 1. The SMILES string of the molecule is Cc1ccccc1NS(=O)(=O)c1ccc(CCCCl)cc1. The highest BCUT2D eigenvalue weighted by molar-refractivity contribution is 7.92. The molecule has 0 saturated heterocycles. The molecule has 0 amide bonds. The van der Waals surface area contributed by atoms with Crippen LogP contribution in [0.25, 0.3) is 0 Å². The Morgan fingerprint density at radius 1 is 1.05 bits per heavy atom. The van der Waals surface area contributed by atoms with Crippen LogP contribution in [0.5, 0.6) is 0 Å². The minimum Gasteiger partial charge on any atom is -0.279 e. The van der Waals surface area contributed by atoms with Crippen LogP contribution in [0.4, 0.5) is 5.69 Å². The molecule has 0 aliphatic rings. The molecule has 0 bridgehead atoms. The van der Waals surface area contributed by atoms with Gasteiger partial charge in [-0.15, -0.1) is 11.6 Å². The minimum absolute atomic E-state index is 0.264. The number of halogens is 1. The molecular weight excluding hydrogens is 306 g/mol. The van der Waals surface area contributed by atoms with Crippen molar-refractivity contribution < 1.29 is 8.42 Å². The van der Waals surface area contributed by atoms with E-state index in [9.17, 15) is 8.42 Å². The number of alkyl halides is 1. The molecule has 112 valence electrons. The Morgan fingerprint density at radius 2 is 1.71 bits per heavy atom. The Labute approximate surface area is 131 Å². The van der Waals surface area contributed by atoms with Crippen molar-refractivity contribution in [1.82, 2.24) is 0 Å². The molecule has 2 rings (SSSR count). The summed E-state index contributed by atoms with van der Waals surface area (Å²) in [4.78, 5) is 0.264. The fourth-order valence-electron chi connectivity index (χ4n) is 2.00. The first kappa shape index (κ1) is 15.9. The third kappa shape index (κ3) is 4.22. The third-order valence-electron chi connectivity index (χ3n) is 3.22. The highest BCUT2D eigenvalue weighted by Crippen LogP contribution is 2.19. The zero-order valence-corrected chi connectivity index (χ0v) is 13.4. The van der Waals surface area contributed by atoms with Crippen LogP contribution in [-0.4, -0.2) is 14.3 Å². The average Bonchev–Trinajstić information content (AvgIpc) is 2.48. The van der Waals surface area contributed by atoms with Gasteiger partial charge in [0.05, 0.1) is 10.6 Å². The zero-order chi connectivity index (χ0) is 15.3. The van der Waals surface area contributed by atoms with Crippen LogP contribution in [0.1, 0.15) is 17.5 Å². The fraction of sp³-hybridized carbons (Fsp3) is 0.250. The molecule has 0 heterocycles. The lowest BCUT2D eigenvalue weighted by Gasteiger charge is -2.10. The highest BCUT2D eigenvalue weighted by Gasteiger charge is 2.14. The molecule has 0 radical (unpaired) electrons. The quantitative estimate of drug-likeness (QED) is 0.818. The summed E-state index contributed by atoms with van der Waals surface area (Å²) >= 11 is 5.65. The second-order valence-electron chi connectivity index (χ2n) is 4.86. The predicted octanol–water partition coefficient (Wildman–Crippen LogP) is 3.97. The van der Waals surface area contributed by atoms with E-state index >= 15 is 0 Å². The summed E-state index contributed by atoms with van der Waals surface area (Å²) in [5, 5.41) is 0. The standard InChI is InChI=1S/C16H18ClNO2S/c1-13-5-2-3-7-16(13)18-21(19,20)15-10-8-14(9-11-15)6-4-12-17/h2-3,5,7-11,18H,4,6,12H2,1H3. The molecule has 0 aliphatic heterocycles. The molecule has 0 saturated carbocycles. The van der Waals surface area contributed by atoms with E-state index in [0.29, 0.717) is 11.6 Å². The van der Waals surface area contributed by atoms with Crippen LogP contribution in [-0.2, 0) is 16.4 Å². The van der Waals surface area contributed by atoms with Crippen molar-refractivity contribution in [3.8, 4) is 0 Å². The van der Waals surface area contributed by atoms with Gasteiger partial charge in [-0.3, -0.25) is 4.72 Å². The van der Waals surface area contributed by atoms with Gasteiger partial charge in [0.1, 0.15) is 0 Å². The molecule has 21 heavy (non-hydrogen) atoms. The van der Waals surface area contributed by atoms with Crippen LogP contribution in [0, 0.1) is 6.92 Å². The first-order valence-electron chi connectivity index (χ1n) is 6.76. The topological polar surface area (TPSA) is 46.2 Å². The van der Waals surface area contributed by atoms with Crippen LogP contribution in [0.3, 0.4) is 0 Å². The maximum atomic E-state index is 12.3. The molecule has 1 N–H and O–H groups in total. The van der Waals surface area contributed by atoms with Gasteiger partial charge in [0.25, 0.3) is 10.0 Å². The summed E-state index contributed by atoms with van der Waals surface area (Å²) < 4.78 is 27.3. The second kappa shape index (κ2) is 6.96. The van der Waals surface area contributed by atoms with E-state index in [1.165, 1.54) is 0 Å². The molecule has 0 unspecified atom stereocenters. The van der Waals surface area contributed by atoms with Gasteiger partial charge in [-0.25, -0.2) is 8.42 Å². The van der Waals surface area contributed by atoms with Crippen molar-refractivity contribution >= 4 is 27.3 Å². The molecule has 0 aliphatic carbocycles. The first-order valence-corrected chi connectivity index (χ1v) is 8.78. The van der Waals surface area contributed by atoms with Gasteiger partial charge in [-0.05, 0) is 49.1 Å². The number of sulfonamides is 1. The number of hydrogen-bond acceptors (Lipinski definition) is 2. The van der Waals surface area contributed by atoms with Crippen LogP contribution in [0.2, 0.25) is 0 Å². The summed E-state index contributed by atoms with van der Waals surface area (Å²) in [6, 6.07) is 14.2. The molecule has 0 fully saturated rings. The number of aryl methyl sites for hydroxylation is 2. The van der Waals surface area contributed by atoms with Crippen molar-refractivity contribution in [3.63, 3.8) is 0 Å². The van der Waals surface area contributed by atoms with E-state index in [2.05, 4.69) is 4.72 Å². The second-order valence-corrected chi connectivity index (χ2v) is 6.92. The Kier molecular flexibility index (Phi) is 5.26. The maximum Gasteiger partial charge on any atom is 0.261 e. The Bertz CT molecular complexity index is 696. The van der Waals surface area contributed by atoms with E-state index in [1.54, 1.807) is 24.3 Å². The lowest BCUT2D eigenvalue weighted by atomic mass is 10.1. The smallest absolute Gasteiger partial charge is 0.261 e. The van der Waals surface area contributed by atoms with Gasteiger partial charge in [0, 0.05) is 5.88 Å². The van der Waals surface area contributed by atoms with Gasteiger partial charge < -0.3 is 0 Å². The number of anilines is 1. The van der Waals surface area contributed by atoms with Crippen molar-refractivity contribution in [2.75, 3.05) is 10.6 Å². The zero-order valence-electron chi connectivity index (χ0n) is 11.8. The van der Waals surface area contributed by atoms with Crippen LogP contribution in [0.15, 0.2) is 53.4 Å². The summed E-state index contributed by atoms with van der Waals surface area (Å²) in [5.74, 6) is 0.606. The lowest BCUT2D eigenvalue weighted by molar-refractivity contribution is 0.601. The molecule has 3 nitrogen and oxygen atoms in total. The van der Waals surface area contributed by atoms with E-state index < -0.39 is 10.0 Å². The van der Waals surface area contributed by atoms with Crippen LogP contribution >= 0.6 is 11.6 Å². The number of para-hydroxylation sites is 1. The number of hydrogen-bond donors (Lipinski definition) is 1. The summed E-state index contributed by atoms with van der Waals surface area (Å²) in [5.41, 5.74) is 2.58. The molecular formula is C16H18ClNO2S. The molecule has 0 aromatic heterocycles. The normalized spacial score (nSPS) is 11.3. The minimum atomic E-state index is -3.55. The van der Waals surface area contributed by atoms with Crippen LogP contribution < -0.4 is 4.72 Å². The lowest BCUT2D eigenvalue weighted by Crippen LogP contribution is -2.13. The Morgan fingerprint density at radius 3 is 2.33 bits per heavy atom. The summed E-state index contributed by atoms with van der Waals surface area (Å²) in [6.07, 6.45) is 1.74. The van der Waals surface area contributed by atoms with E-state index in [0.717, 1.165) is 24.0 Å². The first-order chi connectivity index (χ1) is 10.0. The Balaban J connectivity index is 2.18. The summed E-state index contributed by atoms with van der Waals surface area (Å²) in [6.45, 7) is 1.87. The highest BCUT2D eigenvalue weighted by atomic mass is 35.5. The number of benzene rings is 2. The van der Waals surface area contributed by atoms with Crippen molar-refractivity contribution in [3.05, 3.63) is 59.7 Å². The largest absolute Gasteiger partial charge is 0.279 e. The maximum absolute atomic E-state index is 12.3. The number of rotatable bonds is 6. The van der Waals surface area contributed by atoms with Crippen molar-refractivity contribution in [2.45, 2.75) is 24.7 Å². The summed E-state index contributed by atoms with van der Waals surface area (Å²) in [7, 11) is -3.55. The predicted molar refractivity (Wildman–Crippen MR) is 87.5 cm³/mol. The van der Waals surface area contributed by atoms with Gasteiger partial charge in [-0.1, -0.05) is 30.3 Å². The van der Waals surface area contributed by atoms with Gasteiger partial charge in [-0.2, -0.15) is 0 Å². The van der Waals surface area contributed by atoms with E-state index in [4.69, 9.17) is 11.6 Å². The van der Waals surface area contributed by atoms with Gasteiger partial charge >= 0.3 is 0 Å². The van der Waals surface area contributed by atoms with Gasteiger partial charge in [0.2, 0.25) is 0 Å². The Hall–Kier alpha value is -1.52. The van der Waals surface area contributed by atoms with Crippen molar-refractivity contribution in [1.29, 1.82) is 0 Å². The van der Waals surface area contributed by atoms with E-state index in [-0.39, 0.29) is 4.90 Å². The van der Waals surface area contributed by atoms with E-state index in [1.807, 2.05) is 31.2 Å².